The van der Waals surface area contributed by atoms with Crippen LogP contribution in [0.2, 0.25) is 0 Å². The van der Waals surface area contributed by atoms with E-state index >= 15 is 0 Å². The molecule has 6 rings (SSSR count). The molecule has 208 valence electrons. The van der Waals surface area contributed by atoms with Gasteiger partial charge in [0.15, 0.2) is 0 Å². The third-order valence-corrected chi connectivity index (χ3v) is 6.79. The predicted molar refractivity (Wildman–Crippen MR) is 151 cm³/mol. The van der Waals surface area contributed by atoms with E-state index in [1.807, 2.05) is 54.5 Å². The highest BCUT2D eigenvalue weighted by Gasteiger charge is 2.36. The predicted octanol–water partition coefficient (Wildman–Crippen LogP) is 5.75. The van der Waals surface area contributed by atoms with E-state index in [-0.39, 0.29) is 30.0 Å². The Morgan fingerprint density at radius 1 is 1.08 bits per heavy atom. The number of carbonyl (C=O) groups is 1. The molecule has 2 atom stereocenters. The maximum Gasteiger partial charge on any atom is 0.313 e. The lowest BCUT2D eigenvalue weighted by atomic mass is 9.84. The molecule has 0 saturated heterocycles. The zero-order valence-electron chi connectivity index (χ0n) is 23.9. The molecule has 0 bridgehead atoms. The number of hydrogen-bond donors (Lipinski definition) is 2. The highest BCUT2D eigenvalue weighted by Crippen LogP contribution is 2.43. The van der Waals surface area contributed by atoms with Crippen molar-refractivity contribution in [3.05, 3.63) is 62.2 Å². The third kappa shape index (κ3) is 5.12. The maximum absolute atomic E-state index is 14.2. The number of carbonyl (C=O) groups excluding carboxylic acids is 1. The van der Waals surface area contributed by atoms with E-state index in [4.69, 9.17) is 20.6 Å². The number of aliphatic hydroxyl groups is 1. The topological polar surface area (TPSA) is 107 Å². The number of rotatable bonds is 1. The molecule has 38 heavy (non-hydrogen) atoms. The molecule has 0 radical (unpaired) electrons. The van der Waals surface area contributed by atoms with Gasteiger partial charge in [-0.15, -0.1) is 0 Å². The number of fused-ring (bicyclic) bond motifs is 5. The molecule has 4 heterocycles. The van der Waals surface area contributed by atoms with E-state index in [0.29, 0.717) is 41.9 Å². The van der Waals surface area contributed by atoms with Crippen LogP contribution in [0.5, 0.6) is 0 Å². The van der Waals surface area contributed by atoms with Crippen LogP contribution in [-0.2, 0) is 29.1 Å². The Morgan fingerprint density at radius 2 is 1.74 bits per heavy atom. The maximum atomic E-state index is 14.2. The van der Waals surface area contributed by atoms with Crippen LogP contribution in [0.4, 0.5) is 4.39 Å². The van der Waals surface area contributed by atoms with Gasteiger partial charge in [-0.2, -0.15) is 0 Å². The van der Waals surface area contributed by atoms with E-state index < -0.39 is 5.92 Å². The van der Waals surface area contributed by atoms with Crippen LogP contribution in [0.3, 0.4) is 0 Å². The van der Waals surface area contributed by atoms with E-state index in [9.17, 15) is 14.0 Å². The van der Waals surface area contributed by atoms with Crippen molar-refractivity contribution in [3.63, 3.8) is 0 Å². The number of aliphatic hydroxyl groups excluding tert-OH is 1. The Hall–Kier alpha value is -3.10. The number of cyclic esters (lactones) is 1. The molecular formula is C30H42FN3O4. The van der Waals surface area contributed by atoms with E-state index in [1.54, 1.807) is 10.6 Å². The summed E-state index contributed by atoms with van der Waals surface area (Å²) in [5.41, 5.74) is 12.3. The van der Waals surface area contributed by atoms with Gasteiger partial charge in [-0.1, -0.05) is 48.5 Å². The van der Waals surface area contributed by atoms with Gasteiger partial charge in [0.2, 0.25) is 0 Å². The summed E-state index contributed by atoms with van der Waals surface area (Å²) in [5, 5.41) is 7.92. The SMILES string of the molecule is CC.CC.CC.CCC1C(=O)OCc2c1cc1n(c2=O)Cc2c-1nc1cc(F)cc3c1c2C(N)CC3.CO. The van der Waals surface area contributed by atoms with Gasteiger partial charge >= 0.3 is 5.97 Å². The molecule has 2 aliphatic heterocycles. The fourth-order valence-corrected chi connectivity index (χ4v) is 5.38. The van der Waals surface area contributed by atoms with Gasteiger partial charge in [0.25, 0.3) is 5.56 Å². The number of aromatic nitrogens is 2. The number of benzene rings is 1. The highest BCUT2D eigenvalue weighted by atomic mass is 19.1. The fraction of sp³-hybridized carbons (Fsp3) is 0.500. The molecule has 3 aromatic rings. The molecule has 0 fully saturated rings. The lowest BCUT2D eigenvalue weighted by Crippen LogP contribution is -2.32. The number of esters is 1. The van der Waals surface area contributed by atoms with Gasteiger partial charge in [0.1, 0.15) is 12.4 Å². The summed E-state index contributed by atoms with van der Waals surface area (Å²) in [6.07, 6.45) is 1.99. The quantitative estimate of drug-likeness (QED) is 0.305. The fourth-order valence-electron chi connectivity index (χ4n) is 5.38. The van der Waals surface area contributed by atoms with Crippen LogP contribution in [0, 0.1) is 5.82 Å². The second-order valence-corrected chi connectivity index (χ2v) is 8.38. The summed E-state index contributed by atoms with van der Waals surface area (Å²) in [6.45, 7) is 14.3. The minimum atomic E-state index is -0.457. The summed E-state index contributed by atoms with van der Waals surface area (Å²) in [5.74, 6) is -1.08. The number of hydrogen-bond acceptors (Lipinski definition) is 6. The third-order valence-electron chi connectivity index (χ3n) is 6.79. The molecular weight excluding hydrogens is 485 g/mol. The molecule has 8 heteroatoms. The standard InChI is InChI=1S/C23H20FN3O3.3C2H6.CH4O/c1-2-12-13-7-18-21-14(8-27(18)22(28)15(13)9-30-23(12)29)20-16(25)4-3-10-5-11(24)6-17(26-21)19(10)20;4*1-2/h5-7,12,16H,2-4,8-9,25H2,1H3;3*1-2H3;2H,1H3. The average Bonchev–Trinajstić information content (AvgIpc) is 3.33. The van der Waals surface area contributed by atoms with Gasteiger partial charge in [0.05, 0.1) is 34.9 Å². The van der Waals surface area contributed by atoms with Crippen molar-refractivity contribution in [1.82, 2.24) is 9.55 Å². The minimum absolute atomic E-state index is 0.00272. The monoisotopic (exact) mass is 527 g/mol. The zero-order chi connectivity index (χ0) is 28.7. The molecule has 1 aliphatic carbocycles. The lowest BCUT2D eigenvalue weighted by Gasteiger charge is -2.25. The molecule has 2 aromatic heterocycles. The Balaban J connectivity index is 0.000000583. The Bertz CT molecular complexity index is 1350. The van der Waals surface area contributed by atoms with Crippen molar-refractivity contribution in [1.29, 1.82) is 0 Å². The average molecular weight is 528 g/mol. The molecule has 3 aliphatic rings. The molecule has 3 N–H and O–H groups in total. The number of nitrogens with zero attached hydrogens (tertiary/aromatic N) is 2. The van der Waals surface area contributed by atoms with Gasteiger partial charge in [0, 0.05) is 30.2 Å². The summed E-state index contributed by atoms with van der Waals surface area (Å²) >= 11 is 0. The van der Waals surface area contributed by atoms with Crippen LogP contribution in [0.25, 0.3) is 22.3 Å². The summed E-state index contributed by atoms with van der Waals surface area (Å²) in [4.78, 5) is 30.3. The van der Waals surface area contributed by atoms with Crippen LogP contribution < -0.4 is 11.3 Å². The minimum Gasteiger partial charge on any atom is -0.460 e. The van der Waals surface area contributed by atoms with Crippen LogP contribution in [0.15, 0.2) is 23.0 Å². The van der Waals surface area contributed by atoms with E-state index in [0.717, 1.165) is 41.2 Å². The zero-order valence-corrected chi connectivity index (χ0v) is 23.9. The summed E-state index contributed by atoms with van der Waals surface area (Å²) in [6, 6.07) is 4.71. The van der Waals surface area contributed by atoms with Crippen molar-refractivity contribution < 1.29 is 19.0 Å². The van der Waals surface area contributed by atoms with Crippen molar-refractivity contribution in [2.24, 2.45) is 5.73 Å². The summed E-state index contributed by atoms with van der Waals surface area (Å²) in [7, 11) is 1.00. The number of pyridine rings is 2. The lowest BCUT2D eigenvalue weighted by molar-refractivity contribution is -0.148. The molecule has 1 aromatic carbocycles. The number of ether oxygens (including phenoxy) is 1. The smallest absolute Gasteiger partial charge is 0.313 e. The molecule has 0 amide bonds. The van der Waals surface area contributed by atoms with Crippen LogP contribution in [0.1, 0.15) is 101 Å². The van der Waals surface area contributed by atoms with Crippen molar-refractivity contribution in [2.75, 3.05) is 7.11 Å². The van der Waals surface area contributed by atoms with Crippen LogP contribution in [-0.4, -0.2) is 27.7 Å². The van der Waals surface area contributed by atoms with E-state index in [2.05, 4.69) is 0 Å². The number of aryl methyl sites for hydroxylation is 1. The van der Waals surface area contributed by atoms with Gasteiger partial charge in [-0.25, -0.2) is 9.37 Å². The second-order valence-electron chi connectivity index (χ2n) is 8.38. The van der Waals surface area contributed by atoms with Crippen molar-refractivity contribution >= 4 is 16.9 Å². The summed E-state index contributed by atoms with van der Waals surface area (Å²) < 4.78 is 21.2. The largest absolute Gasteiger partial charge is 0.460 e. The highest BCUT2D eigenvalue weighted by molar-refractivity contribution is 5.92. The first-order valence-corrected chi connectivity index (χ1v) is 13.8. The molecule has 2 unspecified atom stereocenters. The van der Waals surface area contributed by atoms with Crippen LogP contribution >= 0.6 is 0 Å². The Kier molecular flexibility index (Phi) is 11.2. The first kappa shape index (κ1) is 31.1. The second kappa shape index (κ2) is 13.6. The molecule has 0 spiro atoms. The van der Waals surface area contributed by atoms with Gasteiger partial charge in [-0.05, 0) is 48.1 Å². The molecule has 0 saturated carbocycles. The van der Waals surface area contributed by atoms with Crippen molar-refractivity contribution in [3.8, 4) is 11.4 Å². The Labute approximate surface area is 224 Å². The first-order valence-electron chi connectivity index (χ1n) is 13.8. The first-order chi connectivity index (χ1) is 18.5. The number of nitrogens with two attached hydrogens (primary N) is 1. The number of halogens is 1. The van der Waals surface area contributed by atoms with Gasteiger partial charge in [-0.3, -0.25) is 9.59 Å². The normalized spacial score (nSPS) is 17.4. The van der Waals surface area contributed by atoms with Gasteiger partial charge < -0.3 is 20.1 Å². The molecule has 7 nitrogen and oxygen atoms in total. The van der Waals surface area contributed by atoms with E-state index in [1.165, 1.54) is 6.07 Å². The van der Waals surface area contributed by atoms with Crippen molar-refractivity contribution in [2.45, 2.75) is 92.8 Å². The Morgan fingerprint density at radius 3 is 2.37 bits per heavy atom.